The van der Waals surface area contributed by atoms with Crippen molar-refractivity contribution in [2.24, 2.45) is 5.73 Å². The Morgan fingerprint density at radius 1 is 1.21 bits per heavy atom. The van der Waals surface area contributed by atoms with Gasteiger partial charge in [0.25, 0.3) is 0 Å². The van der Waals surface area contributed by atoms with Crippen molar-refractivity contribution in [1.29, 1.82) is 0 Å². The maximum absolute atomic E-state index is 12.0. The van der Waals surface area contributed by atoms with E-state index in [4.69, 9.17) is 10.5 Å². The van der Waals surface area contributed by atoms with Gasteiger partial charge in [-0.15, -0.1) is 0 Å². The number of ether oxygens (including phenoxy) is 1. The summed E-state index contributed by atoms with van der Waals surface area (Å²) in [5.74, 6) is -0.726. The summed E-state index contributed by atoms with van der Waals surface area (Å²) in [6.07, 6.45) is 3.35. The SMILES string of the molecule is NCC(C(=O)OCc1cccnc1)c1ccccc1. The average Bonchev–Trinajstić information content (AvgIpc) is 2.48. The second kappa shape index (κ2) is 6.66. The zero-order valence-electron chi connectivity index (χ0n) is 10.5. The van der Waals surface area contributed by atoms with Crippen LogP contribution in [-0.2, 0) is 16.1 Å². The first kappa shape index (κ1) is 13.2. The molecular formula is C15H16N2O2. The Bertz CT molecular complexity index is 514. The smallest absolute Gasteiger partial charge is 0.315 e. The summed E-state index contributed by atoms with van der Waals surface area (Å²) >= 11 is 0. The van der Waals surface area contributed by atoms with Crippen molar-refractivity contribution in [1.82, 2.24) is 4.98 Å². The molecule has 0 saturated heterocycles. The molecule has 0 aliphatic rings. The van der Waals surface area contributed by atoms with Crippen molar-refractivity contribution in [3.8, 4) is 0 Å². The molecule has 0 bridgehead atoms. The standard InChI is InChI=1S/C15H16N2O2/c16-9-14(13-6-2-1-3-7-13)15(18)19-11-12-5-4-8-17-10-12/h1-8,10,14H,9,11,16H2. The molecule has 0 aliphatic carbocycles. The van der Waals surface area contributed by atoms with Gasteiger partial charge in [-0.3, -0.25) is 9.78 Å². The molecule has 98 valence electrons. The first-order valence-corrected chi connectivity index (χ1v) is 6.12. The molecule has 4 nitrogen and oxygen atoms in total. The predicted octanol–water partition coefficient (Wildman–Crippen LogP) is 1.87. The number of carbonyl (C=O) groups is 1. The summed E-state index contributed by atoms with van der Waals surface area (Å²) < 4.78 is 5.28. The quantitative estimate of drug-likeness (QED) is 0.829. The van der Waals surface area contributed by atoms with Crippen molar-refractivity contribution >= 4 is 5.97 Å². The number of carbonyl (C=O) groups excluding carboxylic acids is 1. The van der Waals surface area contributed by atoms with E-state index >= 15 is 0 Å². The fourth-order valence-electron chi connectivity index (χ4n) is 1.79. The van der Waals surface area contributed by atoms with Crippen LogP contribution in [0.1, 0.15) is 17.0 Å². The second-order valence-corrected chi connectivity index (χ2v) is 4.17. The molecule has 0 saturated carbocycles. The maximum Gasteiger partial charge on any atom is 0.315 e. The van der Waals surface area contributed by atoms with E-state index in [-0.39, 0.29) is 19.1 Å². The number of pyridine rings is 1. The molecule has 2 aromatic rings. The van der Waals surface area contributed by atoms with Crippen LogP contribution in [0.2, 0.25) is 0 Å². The van der Waals surface area contributed by atoms with Crippen molar-refractivity contribution in [3.63, 3.8) is 0 Å². The third-order valence-corrected chi connectivity index (χ3v) is 2.83. The van der Waals surface area contributed by atoms with Gasteiger partial charge in [-0.1, -0.05) is 36.4 Å². The predicted molar refractivity (Wildman–Crippen MR) is 72.3 cm³/mol. The van der Waals surface area contributed by atoms with Crippen LogP contribution >= 0.6 is 0 Å². The minimum absolute atomic E-state index is 0.218. The maximum atomic E-state index is 12.0. The fraction of sp³-hybridized carbons (Fsp3) is 0.200. The van der Waals surface area contributed by atoms with Gasteiger partial charge in [0.1, 0.15) is 6.61 Å². The molecule has 2 rings (SSSR count). The molecule has 19 heavy (non-hydrogen) atoms. The highest BCUT2D eigenvalue weighted by molar-refractivity contribution is 5.78. The van der Waals surface area contributed by atoms with E-state index < -0.39 is 5.92 Å². The molecule has 1 aromatic heterocycles. The Labute approximate surface area is 112 Å². The summed E-state index contributed by atoms with van der Waals surface area (Å²) in [5, 5.41) is 0. The van der Waals surface area contributed by atoms with Crippen molar-refractivity contribution in [2.45, 2.75) is 12.5 Å². The fourth-order valence-corrected chi connectivity index (χ4v) is 1.79. The first-order valence-electron chi connectivity index (χ1n) is 6.12. The van der Waals surface area contributed by atoms with E-state index in [1.807, 2.05) is 36.4 Å². The molecule has 0 spiro atoms. The molecule has 1 atom stereocenters. The molecular weight excluding hydrogens is 240 g/mol. The minimum Gasteiger partial charge on any atom is -0.460 e. The van der Waals surface area contributed by atoms with E-state index in [0.29, 0.717) is 0 Å². The second-order valence-electron chi connectivity index (χ2n) is 4.17. The molecule has 1 aromatic carbocycles. The lowest BCUT2D eigenvalue weighted by atomic mass is 10.00. The number of hydrogen-bond acceptors (Lipinski definition) is 4. The van der Waals surface area contributed by atoms with Crippen LogP contribution in [0.25, 0.3) is 0 Å². The third kappa shape index (κ3) is 3.63. The summed E-state index contributed by atoms with van der Waals surface area (Å²) in [6, 6.07) is 13.1. The van der Waals surface area contributed by atoms with Crippen LogP contribution in [0.5, 0.6) is 0 Å². The zero-order chi connectivity index (χ0) is 13.5. The van der Waals surface area contributed by atoms with E-state index in [2.05, 4.69) is 4.98 Å². The molecule has 4 heteroatoms. The molecule has 0 fully saturated rings. The number of nitrogens with zero attached hydrogens (tertiary/aromatic N) is 1. The highest BCUT2D eigenvalue weighted by Gasteiger charge is 2.20. The molecule has 1 unspecified atom stereocenters. The topological polar surface area (TPSA) is 65.2 Å². The summed E-state index contributed by atoms with van der Waals surface area (Å²) in [5.41, 5.74) is 7.40. The number of esters is 1. The van der Waals surface area contributed by atoms with E-state index in [1.165, 1.54) is 0 Å². The summed E-state index contributed by atoms with van der Waals surface area (Å²) in [7, 11) is 0. The number of aromatic nitrogens is 1. The van der Waals surface area contributed by atoms with Crippen LogP contribution in [0.15, 0.2) is 54.9 Å². The van der Waals surface area contributed by atoms with Crippen molar-refractivity contribution in [3.05, 3.63) is 66.0 Å². The Balaban J connectivity index is 1.98. The van der Waals surface area contributed by atoms with Crippen molar-refractivity contribution < 1.29 is 9.53 Å². The van der Waals surface area contributed by atoms with Gasteiger partial charge in [0.05, 0.1) is 5.92 Å². The van der Waals surface area contributed by atoms with E-state index in [0.717, 1.165) is 11.1 Å². The lowest BCUT2D eigenvalue weighted by Gasteiger charge is -2.14. The lowest BCUT2D eigenvalue weighted by molar-refractivity contribution is -0.146. The monoisotopic (exact) mass is 256 g/mol. The molecule has 1 heterocycles. The molecule has 0 aliphatic heterocycles. The van der Waals surface area contributed by atoms with Gasteiger partial charge in [-0.05, 0) is 11.6 Å². The van der Waals surface area contributed by atoms with Crippen LogP contribution in [0, 0.1) is 0 Å². The number of rotatable bonds is 5. The van der Waals surface area contributed by atoms with Crippen molar-refractivity contribution in [2.75, 3.05) is 6.54 Å². The minimum atomic E-state index is -0.419. The Kier molecular flexibility index (Phi) is 4.64. The van der Waals surface area contributed by atoms with Gasteiger partial charge in [-0.2, -0.15) is 0 Å². The van der Waals surface area contributed by atoms with Gasteiger partial charge in [0.15, 0.2) is 0 Å². The Morgan fingerprint density at radius 3 is 2.63 bits per heavy atom. The van der Waals surface area contributed by atoms with Crippen LogP contribution in [0.3, 0.4) is 0 Å². The Hall–Kier alpha value is -2.20. The first-order chi connectivity index (χ1) is 9.31. The highest BCUT2D eigenvalue weighted by Crippen LogP contribution is 2.16. The van der Waals surface area contributed by atoms with Gasteiger partial charge in [0.2, 0.25) is 0 Å². The van der Waals surface area contributed by atoms with Gasteiger partial charge in [0, 0.05) is 24.5 Å². The van der Waals surface area contributed by atoms with Gasteiger partial charge < -0.3 is 10.5 Å². The largest absolute Gasteiger partial charge is 0.460 e. The normalized spacial score (nSPS) is 11.8. The lowest BCUT2D eigenvalue weighted by Crippen LogP contribution is -2.23. The average molecular weight is 256 g/mol. The summed E-state index contributed by atoms with van der Waals surface area (Å²) in [6.45, 7) is 0.450. The van der Waals surface area contributed by atoms with Gasteiger partial charge >= 0.3 is 5.97 Å². The number of hydrogen-bond donors (Lipinski definition) is 1. The van der Waals surface area contributed by atoms with Crippen LogP contribution in [0.4, 0.5) is 0 Å². The van der Waals surface area contributed by atoms with E-state index in [9.17, 15) is 4.79 Å². The number of nitrogens with two attached hydrogens (primary N) is 1. The molecule has 0 radical (unpaired) electrons. The van der Waals surface area contributed by atoms with E-state index in [1.54, 1.807) is 18.5 Å². The Morgan fingerprint density at radius 2 is 2.00 bits per heavy atom. The molecule has 2 N–H and O–H groups in total. The zero-order valence-corrected chi connectivity index (χ0v) is 10.5. The highest BCUT2D eigenvalue weighted by atomic mass is 16.5. The van der Waals surface area contributed by atoms with Crippen LogP contribution in [-0.4, -0.2) is 17.5 Å². The molecule has 0 amide bonds. The van der Waals surface area contributed by atoms with Crippen LogP contribution < -0.4 is 5.73 Å². The summed E-state index contributed by atoms with van der Waals surface area (Å²) in [4.78, 5) is 16.0. The van der Waals surface area contributed by atoms with Gasteiger partial charge in [-0.25, -0.2) is 0 Å². The number of benzene rings is 1. The third-order valence-electron chi connectivity index (χ3n) is 2.83.